The summed E-state index contributed by atoms with van der Waals surface area (Å²) in [5.74, 6) is 0.771. The lowest BCUT2D eigenvalue weighted by atomic mass is 9.92. The number of ketones is 1. The van der Waals surface area contributed by atoms with E-state index in [2.05, 4.69) is 4.99 Å². The number of aliphatic imine (C=N–C) groups is 1. The average molecular weight is 279 g/mol. The lowest BCUT2D eigenvalue weighted by Crippen LogP contribution is -2.21. The lowest BCUT2D eigenvalue weighted by Gasteiger charge is -2.10. The van der Waals surface area contributed by atoms with Crippen molar-refractivity contribution in [2.45, 2.75) is 18.4 Å². The van der Waals surface area contributed by atoms with E-state index in [1.54, 1.807) is 13.3 Å². The van der Waals surface area contributed by atoms with E-state index in [1.807, 2.05) is 54.6 Å². The van der Waals surface area contributed by atoms with Gasteiger partial charge in [-0.15, -0.1) is 0 Å². The summed E-state index contributed by atoms with van der Waals surface area (Å²) < 4.78 is 5.21. The largest absolute Gasteiger partial charge is 0.497 e. The topological polar surface area (TPSA) is 38.7 Å². The van der Waals surface area contributed by atoms with Gasteiger partial charge in [0.25, 0.3) is 0 Å². The van der Waals surface area contributed by atoms with E-state index in [0.29, 0.717) is 6.42 Å². The third kappa shape index (κ3) is 2.87. The van der Waals surface area contributed by atoms with Gasteiger partial charge in [-0.3, -0.25) is 9.79 Å². The molecule has 0 saturated heterocycles. The standard InChI is InChI=1S/C18H17NO2/c1-21-15-9-5-6-13(10-15)11-17-18(20)16(12-19-17)14-7-3-2-4-8-14/h2-10,12,16-17H,11H2,1H3. The van der Waals surface area contributed by atoms with Crippen LogP contribution in [0.15, 0.2) is 59.6 Å². The lowest BCUT2D eigenvalue weighted by molar-refractivity contribution is -0.119. The molecule has 0 fully saturated rings. The van der Waals surface area contributed by atoms with E-state index in [4.69, 9.17) is 4.74 Å². The number of nitrogens with zero attached hydrogens (tertiary/aromatic N) is 1. The maximum atomic E-state index is 12.5. The SMILES string of the molecule is COc1cccc(CC2N=CC(c3ccccc3)C2=O)c1. The Morgan fingerprint density at radius 1 is 1.10 bits per heavy atom. The molecular formula is C18H17NO2. The van der Waals surface area contributed by atoms with Crippen molar-refractivity contribution in [2.24, 2.45) is 4.99 Å². The van der Waals surface area contributed by atoms with Crippen LogP contribution in [0.1, 0.15) is 17.0 Å². The smallest absolute Gasteiger partial charge is 0.170 e. The monoisotopic (exact) mass is 279 g/mol. The number of hydrogen-bond donors (Lipinski definition) is 0. The molecule has 1 heterocycles. The van der Waals surface area contributed by atoms with Crippen molar-refractivity contribution >= 4 is 12.0 Å². The summed E-state index contributed by atoms with van der Waals surface area (Å²) in [7, 11) is 1.64. The third-order valence-corrected chi connectivity index (χ3v) is 3.77. The Morgan fingerprint density at radius 2 is 1.90 bits per heavy atom. The summed E-state index contributed by atoms with van der Waals surface area (Å²) in [6.07, 6.45) is 2.40. The Labute approximate surface area is 124 Å². The molecule has 106 valence electrons. The van der Waals surface area contributed by atoms with E-state index in [-0.39, 0.29) is 17.7 Å². The minimum atomic E-state index is -0.290. The molecule has 2 aromatic carbocycles. The van der Waals surface area contributed by atoms with Crippen molar-refractivity contribution in [3.8, 4) is 5.75 Å². The van der Waals surface area contributed by atoms with Crippen LogP contribution in [0, 0.1) is 0 Å². The van der Waals surface area contributed by atoms with Crippen LogP contribution < -0.4 is 4.74 Å². The number of rotatable bonds is 4. The minimum absolute atomic E-state index is 0.170. The molecular weight excluding hydrogens is 262 g/mol. The average Bonchev–Trinajstić information content (AvgIpc) is 2.89. The zero-order chi connectivity index (χ0) is 14.7. The van der Waals surface area contributed by atoms with Crippen LogP contribution in [0.5, 0.6) is 5.75 Å². The summed E-state index contributed by atoms with van der Waals surface area (Å²) in [6.45, 7) is 0. The first-order chi connectivity index (χ1) is 10.3. The predicted octanol–water partition coefficient (Wildman–Crippen LogP) is 3.04. The predicted molar refractivity (Wildman–Crippen MR) is 83.2 cm³/mol. The number of hydrogen-bond acceptors (Lipinski definition) is 3. The van der Waals surface area contributed by atoms with Gasteiger partial charge in [0.15, 0.2) is 5.78 Å². The number of carbonyl (C=O) groups is 1. The Balaban J connectivity index is 1.74. The maximum absolute atomic E-state index is 12.5. The molecule has 0 spiro atoms. The quantitative estimate of drug-likeness (QED) is 0.863. The number of ether oxygens (including phenoxy) is 1. The molecule has 0 radical (unpaired) electrons. The first kappa shape index (κ1) is 13.6. The molecule has 0 aromatic heterocycles. The molecule has 3 nitrogen and oxygen atoms in total. The van der Waals surface area contributed by atoms with Gasteiger partial charge in [-0.25, -0.2) is 0 Å². The number of carbonyl (C=O) groups excluding carboxylic acids is 1. The molecule has 0 N–H and O–H groups in total. The van der Waals surface area contributed by atoms with Gasteiger partial charge >= 0.3 is 0 Å². The molecule has 0 bridgehead atoms. The van der Waals surface area contributed by atoms with Crippen molar-refractivity contribution in [3.63, 3.8) is 0 Å². The van der Waals surface area contributed by atoms with Crippen molar-refractivity contribution in [1.29, 1.82) is 0 Å². The second-order valence-electron chi connectivity index (χ2n) is 5.16. The van der Waals surface area contributed by atoms with Crippen molar-refractivity contribution in [3.05, 3.63) is 65.7 Å². The van der Waals surface area contributed by atoms with E-state index in [1.165, 1.54) is 0 Å². The zero-order valence-electron chi connectivity index (χ0n) is 11.9. The zero-order valence-corrected chi connectivity index (χ0v) is 11.9. The van der Waals surface area contributed by atoms with Crippen molar-refractivity contribution in [1.82, 2.24) is 0 Å². The molecule has 2 atom stereocenters. The Morgan fingerprint density at radius 3 is 2.67 bits per heavy atom. The minimum Gasteiger partial charge on any atom is -0.497 e. The van der Waals surface area contributed by atoms with E-state index in [0.717, 1.165) is 16.9 Å². The van der Waals surface area contributed by atoms with E-state index in [9.17, 15) is 4.79 Å². The highest BCUT2D eigenvalue weighted by molar-refractivity contribution is 6.08. The summed E-state index contributed by atoms with van der Waals surface area (Å²) in [6, 6.07) is 17.3. The fraction of sp³-hybridized carbons (Fsp3) is 0.222. The molecule has 3 rings (SSSR count). The third-order valence-electron chi connectivity index (χ3n) is 3.77. The van der Waals surface area contributed by atoms with E-state index >= 15 is 0 Å². The molecule has 0 aliphatic carbocycles. The van der Waals surface area contributed by atoms with Crippen LogP contribution in [-0.4, -0.2) is 25.1 Å². The highest BCUT2D eigenvalue weighted by Crippen LogP contribution is 2.25. The van der Waals surface area contributed by atoms with Gasteiger partial charge in [-0.1, -0.05) is 42.5 Å². The van der Waals surface area contributed by atoms with Gasteiger partial charge in [-0.2, -0.15) is 0 Å². The molecule has 3 heteroatoms. The number of Topliss-reactive ketones (excluding diaryl/α,β-unsaturated/α-hetero) is 1. The molecule has 2 aromatic rings. The summed E-state index contributed by atoms with van der Waals surface area (Å²) >= 11 is 0. The normalized spacial score (nSPS) is 20.7. The van der Waals surface area contributed by atoms with Crippen molar-refractivity contribution in [2.75, 3.05) is 7.11 Å². The van der Waals surface area contributed by atoms with Crippen LogP contribution in [0.25, 0.3) is 0 Å². The second-order valence-corrected chi connectivity index (χ2v) is 5.16. The van der Waals surface area contributed by atoms with Gasteiger partial charge in [0.05, 0.1) is 13.0 Å². The van der Waals surface area contributed by atoms with Crippen LogP contribution in [0.2, 0.25) is 0 Å². The van der Waals surface area contributed by atoms with Gasteiger partial charge < -0.3 is 4.74 Å². The Kier molecular flexibility index (Phi) is 3.82. The second kappa shape index (κ2) is 5.92. The number of methoxy groups -OCH3 is 1. The molecule has 0 amide bonds. The first-order valence-electron chi connectivity index (χ1n) is 7.03. The van der Waals surface area contributed by atoms with Crippen LogP contribution in [0.4, 0.5) is 0 Å². The van der Waals surface area contributed by atoms with Crippen LogP contribution in [0.3, 0.4) is 0 Å². The van der Waals surface area contributed by atoms with Gasteiger partial charge in [-0.05, 0) is 23.3 Å². The molecule has 1 aliphatic rings. The van der Waals surface area contributed by atoms with E-state index < -0.39 is 0 Å². The fourth-order valence-corrected chi connectivity index (χ4v) is 2.63. The highest BCUT2D eigenvalue weighted by atomic mass is 16.5. The van der Waals surface area contributed by atoms with Crippen molar-refractivity contribution < 1.29 is 9.53 Å². The van der Waals surface area contributed by atoms with Gasteiger partial charge in [0.1, 0.15) is 11.8 Å². The molecule has 21 heavy (non-hydrogen) atoms. The molecule has 1 aliphatic heterocycles. The summed E-state index contributed by atoms with van der Waals surface area (Å²) in [4.78, 5) is 16.9. The maximum Gasteiger partial charge on any atom is 0.170 e. The number of benzene rings is 2. The summed E-state index contributed by atoms with van der Waals surface area (Å²) in [5, 5.41) is 0. The summed E-state index contributed by atoms with van der Waals surface area (Å²) in [5.41, 5.74) is 2.08. The fourth-order valence-electron chi connectivity index (χ4n) is 2.63. The van der Waals surface area contributed by atoms with Gasteiger partial charge in [0, 0.05) is 12.6 Å². The molecule has 0 saturated carbocycles. The Bertz CT molecular complexity index is 664. The van der Waals surface area contributed by atoms with Crippen LogP contribution in [-0.2, 0) is 11.2 Å². The Hall–Kier alpha value is -2.42. The first-order valence-corrected chi connectivity index (χ1v) is 7.03. The van der Waals surface area contributed by atoms with Gasteiger partial charge in [0.2, 0.25) is 0 Å². The molecule has 2 unspecified atom stereocenters. The highest BCUT2D eigenvalue weighted by Gasteiger charge is 2.31. The van der Waals surface area contributed by atoms with Crippen LogP contribution >= 0.6 is 0 Å².